The molecular weight excluding hydrogens is 238 g/mol. The van der Waals surface area contributed by atoms with E-state index in [0.717, 1.165) is 17.2 Å². The molecule has 0 heterocycles. The van der Waals surface area contributed by atoms with Gasteiger partial charge in [0.05, 0.1) is 0 Å². The van der Waals surface area contributed by atoms with Crippen LogP contribution in [0, 0.1) is 0 Å². The van der Waals surface area contributed by atoms with Crippen LogP contribution in [-0.2, 0) is 6.42 Å². The summed E-state index contributed by atoms with van der Waals surface area (Å²) in [4.78, 5) is 0. The largest absolute Gasteiger partial charge is 0.316 e. The van der Waals surface area contributed by atoms with Crippen molar-refractivity contribution < 1.29 is 0 Å². The van der Waals surface area contributed by atoms with Gasteiger partial charge in [-0.1, -0.05) is 30.7 Å². The highest BCUT2D eigenvalue weighted by molar-refractivity contribution is 7.99. The van der Waals surface area contributed by atoms with Crippen LogP contribution >= 0.6 is 23.4 Å². The average molecular weight is 258 g/mol. The van der Waals surface area contributed by atoms with Gasteiger partial charge in [0.2, 0.25) is 0 Å². The molecule has 0 saturated carbocycles. The van der Waals surface area contributed by atoms with Gasteiger partial charge in [-0.3, -0.25) is 0 Å². The van der Waals surface area contributed by atoms with Crippen molar-refractivity contribution in [2.45, 2.75) is 25.8 Å². The first-order valence-corrected chi connectivity index (χ1v) is 7.29. The number of hydrogen-bond acceptors (Lipinski definition) is 2. The molecule has 1 aromatic carbocycles. The molecule has 1 N–H and O–H groups in total. The molecule has 16 heavy (non-hydrogen) atoms. The van der Waals surface area contributed by atoms with Crippen LogP contribution in [0.1, 0.15) is 18.9 Å². The number of nitrogens with one attached hydrogen (secondary N) is 1. The number of halogens is 1. The van der Waals surface area contributed by atoms with Crippen LogP contribution in [-0.4, -0.2) is 24.6 Å². The first-order valence-electron chi connectivity index (χ1n) is 5.75. The molecular formula is C13H20ClNS. The second kappa shape index (κ2) is 7.99. The van der Waals surface area contributed by atoms with E-state index in [1.165, 1.54) is 17.7 Å². The molecule has 0 aliphatic heterocycles. The Labute approximate surface area is 108 Å². The van der Waals surface area contributed by atoms with Crippen LogP contribution in [0.25, 0.3) is 0 Å². The molecule has 0 bridgehead atoms. The number of hydrogen-bond donors (Lipinski definition) is 1. The molecule has 3 heteroatoms. The molecule has 1 atom stereocenters. The Morgan fingerprint density at radius 2 is 2.25 bits per heavy atom. The third kappa shape index (κ3) is 5.24. The molecule has 0 aromatic heterocycles. The van der Waals surface area contributed by atoms with Gasteiger partial charge in [-0.2, -0.15) is 11.8 Å². The van der Waals surface area contributed by atoms with E-state index in [0.29, 0.717) is 6.04 Å². The lowest BCUT2D eigenvalue weighted by atomic mass is 10.1. The molecule has 0 amide bonds. The normalized spacial score (nSPS) is 12.7. The quantitative estimate of drug-likeness (QED) is 0.749. The van der Waals surface area contributed by atoms with E-state index < -0.39 is 0 Å². The van der Waals surface area contributed by atoms with E-state index in [9.17, 15) is 0 Å². The van der Waals surface area contributed by atoms with Crippen LogP contribution in [0.3, 0.4) is 0 Å². The van der Waals surface area contributed by atoms with Crippen LogP contribution in [0.5, 0.6) is 0 Å². The van der Waals surface area contributed by atoms with Gasteiger partial charge in [0.1, 0.15) is 0 Å². The Kier molecular flexibility index (Phi) is 6.93. The topological polar surface area (TPSA) is 12.0 Å². The molecule has 0 spiro atoms. The zero-order chi connectivity index (χ0) is 11.8. The fourth-order valence-electron chi connectivity index (χ4n) is 1.56. The molecule has 0 saturated heterocycles. The Morgan fingerprint density at radius 1 is 1.44 bits per heavy atom. The molecule has 1 rings (SSSR count). The fourth-order valence-corrected chi connectivity index (χ4v) is 2.80. The van der Waals surface area contributed by atoms with Crippen LogP contribution in [0.2, 0.25) is 5.02 Å². The maximum atomic E-state index is 5.97. The Bertz CT molecular complexity index is 304. The lowest BCUT2D eigenvalue weighted by Crippen LogP contribution is -2.30. The van der Waals surface area contributed by atoms with Gasteiger partial charge in [-0.25, -0.2) is 0 Å². The Hall–Kier alpha value is -0.180. The predicted octanol–water partition coefficient (Wildman–Crippen LogP) is 3.61. The fraction of sp³-hybridized carbons (Fsp3) is 0.538. The van der Waals surface area contributed by atoms with Gasteiger partial charge in [0.15, 0.2) is 0 Å². The van der Waals surface area contributed by atoms with E-state index in [2.05, 4.69) is 24.4 Å². The van der Waals surface area contributed by atoms with Crippen LogP contribution < -0.4 is 5.32 Å². The summed E-state index contributed by atoms with van der Waals surface area (Å²) in [6.07, 6.45) is 2.30. The van der Waals surface area contributed by atoms with Gasteiger partial charge in [0.25, 0.3) is 0 Å². The van der Waals surface area contributed by atoms with Crippen molar-refractivity contribution in [3.05, 3.63) is 34.9 Å². The van der Waals surface area contributed by atoms with Crippen molar-refractivity contribution >= 4 is 23.4 Å². The van der Waals surface area contributed by atoms with Crippen molar-refractivity contribution in [2.75, 3.05) is 18.6 Å². The van der Waals surface area contributed by atoms with E-state index in [1.54, 1.807) is 0 Å². The number of rotatable bonds is 7. The van der Waals surface area contributed by atoms with Crippen molar-refractivity contribution in [1.82, 2.24) is 5.32 Å². The van der Waals surface area contributed by atoms with Crippen LogP contribution in [0.15, 0.2) is 24.3 Å². The lowest BCUT2D eigenvalue weighted by molar-refractivity contribution is 0.617. The summed E-state index contributed by atoms with van der Waals surface area (Å²) in [5.41, 5.74) is 1.31. The lowest BCUT2D eigenvalue weighted by Gasteiger charge is -2.15. The van der Waals surface area contributed by atoms with Crippen LogP contribution in [0.4, 0.5) is 0 Å². The summed E-state index contributed by atoms with van der Waals surface area (Å²) in [5, 5.41) is 4.19. The zero-order valence-electron chi connectivity index (χ0n) is 10.0. The van der Waals surface area contributed by atoms with Crippen molar-refractivity contribution in [3.8, 4) is 0 Å². The highest BCUT2D eigenvalue weighted by Gasteiger charge is 2.07. The molecule has 0 fully saturated rings. The summed E-state index contributed by atoms with van der Waals surface area (Å²) in [7, 11) is 2.03. The second-order valence-electron chi connectivity index (χ2n) is 3.89. The summed E-state index contributed by atoms with van der Waals surface area (Å²) >= 11 is 7.99. The maximum absolute atomic E-state index is 5.97. The van der Waals surface area contributed by atoms with Gasteiger partial charge < -0.3 is 5.32 Å². The third-order valence-corrected chi connectivity index (χ3v) is 4.02. The minimum Gasteiger partial charge on any atom is -0.316 e. The second-order valence-corrected chi connectivity index (χ2v) is 5.48. The Balaban J connectivity index is 2.43. The van der Waals surface area contributed by atoms with Crippen molar-refractivity contribution in [2.24, 2.45) is 0 Å². The first kappa shape index (κ1) is 13.9. The van der Waals surface area contributed by atoms with E-state index in [-0.39, 0.29) is 0 Å². The molecule has 1 aromatic rings. The minimum absolute atomic E-state index is 0.537. The van der Waals surface area contributed by atoms with E-state index >= 15 is 0 Å². The average Bonchev–Trinajstić information content (AvgIpc) is 2.28. The summed E-state index contributed by atoms with van der Waals surface area (Å²) < 4.78 is 0. The molecule has 90 valence electrons. The first-order chi connectivity index (χ1) is 7.76. The number of likely N-dealkylation sites (N-methyl/N-ethyl adjacent to an activating group) is 1. The Morgan fingerprint density at radius 3 is 2.88 bits per heavy atom. The molecule has 0 aliphatic rings. The molecule has 0 aliphatic carbocycles. The van der Waals surface area contributed by atoms with E-state index in [4.69, 9.17) is 11.6 Å². The third-order valence-electron chi connectivity index (χ3n) is 2.45. The molecule has 1 nitrogen and oxygen atoms in total. The monoisotopic (exact) mass is 257 g/mol. The minimum atomic E-state index is 0.537. The standard InChI is InChI=1S/C13H20ClNS/c1-3-7-16-10-13(15-2)9-11-5-4-6-12(14)8-11/h4-6,8,13,15H,3,7,9-10H2,1-2H3. The predicted molar refractivity (Wildman–Crippen MR) is 75.6 cm³/mol. The SMILES string of the molecule is CCCSCC(Cc1cccc(Cl)c1)NC. The smallest absolute Gasteiger partial charge is 0.0408 e. The van der Waals surface area contributed by atoms with Gasteiger partial charge in [-0.05, 0) is 43.3 Å². The summed E-state index contributed by atoms with van der Waals surface area (Å²) in [6, 6.07) is 8.67. The number of thioether (sulfide) groups is 1. The zero-order valence-corrected chi connectivity index (χ0v) is 11.6. The number of benzene rings is 1. The van der Waals surface area contributed by atoms with Gasteiger partial charge in [-0.15, -0.1) is 0 Å². The van der Waals surface area contributed by atoms with Crippen molar-refractivity contribution in [3.63, 3.8) is 0 Å². The maximum Gasteiger partial charge on any atom is 0.0408 e. The highest BCUT2D eigenvalue weighted by Crippen LogP contribution is 2.14. The van der Waals surface area contributed by atoms with Crippen molar-refractivity contribution in [1.29, 1.82) is 0 Å². The molecule has 0 radical (unpaired) electrons. The summed E-state index contributed by atoms with van der Waals surface area (Å²) in [6.45, 7) is 2.22. The van der Waals surface area contributed by atoms with Gasteiger partial charge in [0, 0.05) is 16.8 Å². The summed E-state index contributed by atoms with van der Waals surface area (Å²) in [5.74, 6) is 2.41. The highest BCUT2D eigenvalue weighted by atomic mass is 35.5. The van der Waals surface area contributed by atoms with E-state index in [1.807, 2.05) is 30.9 Å². The molecule has 1 unspecified atom stereocenters. The van der Waals surface area contributed by atoms with Gasteiger partial charge >= 0.3 is 0 Å².